The molecular formula is C26H31N5O6S. The third-order valence-electron chi connectivity index (χ3n) is 6.08. The van der Waals surface area contributed by atoms with Gasteiger partial charge in [0.1, 0.15) is 0 Å². The summed E-state index contributed by atoms with van der Waals surface area (Å²) in [5, 5.41) is 33.3. The number of hydrogen-bond acceptors (Lipinski definition) is 9. The highest BCUT2D eigenvalue weighted by Crippen LogP contribution is 2.39. The first-order chi connectivity index (χ1) is 18.4. The lowest BCUT2D eigenvalue weighted by Gasteiger charge is -2.36. The predicted molar refractivity (Wildman–Crippen MR) is 139 cm³/mol. The molecule has 1 amide bonds. The van der Waals surface area contributed by atoms with E-state index in [2.05, 4.69) is 20.8 Å². The van der Waals surface area contributed by atoms with Crippen molar-refractivity contribution in [2.75, 3.05) is 11.1 Å². The van der Waals surface area contributed by atoms with Crippen molar-refractivity contribution in [3.8, 4) is 0 Å². The first kappa shape index (κ1) is 27.7. The molecule has 2 heterocycles. The fraction of sp³-hybridized carbons (Fsp3) is 0.423. The molecule has 0 bridgehead atoms. The molecule has 3 atom stereocenters. The summed E-state index contributed by atoms with van der Waals surface area (Å²) in [5.74, 6) is -0.420. The average Bonchev–Trinajstić information content (AvgIpc) is 3.34. The number of aliphatic hydroxyl groups excluding tert-OH is 1. The van der Waals surface area contributed by atoms with Gasteiger partial charge in [0.2, 0.25) is 11.1 Å². The van der Waals surface area contributed by atoms with Crippen LogP contribution in [0.4, 0.5) is 5.69 Å². The van der Waals surface area contributed by atoms with Crippen LogP contribution in [-0.2, 0) is 32.7 Å². The van der Waals surface area contributed by atoms with Gasteiger partial charge in [-0.2, -0.15) is 0 Å². The first-order valence-electron chi connectivity index (χ1n) is 12.4. The standard InChI is InChI=1S/C26H31N5O6S/c1-31-26(28-29-30-31)38-16-21-14-22(18-11-9-17(15-32)10-12-18)37-25(36-21)19-5-4-6-20(13-19)27-23(33)7-2-3-8-24(34)35/h4-6,9-13,21-22,25,32H,2-3,7-8,14-16H2,1H3,(H,27,33)(H,34,35)/t21-,22+,25+/m1/s1. The number of benzene rings is 2. The number of nitrogens with zero attached hydrogens (tertiary/aromatic N) is 4. The summed E-state index contributed by atoms with van der Waals surface area (Å²) in [5.41, 5.74) is 3.19. The van der Waals surface area contributed by atoms with E-state index >= 15 is 0 Å². The Morgan fingerprint density at radius 3 is 2.61 bits per heavy atom. The summed E-state index contributed by atoms with van der Waals surface area (Å²) in [6, 6.07) is 15.0. The second kappa shape index (κ2) is 13.5. The fourth-order valence-corrected chi connectivity index (χ4v) is 4.95. The predicted octanol–water partition coefficient (Wildman–Crippen LogP) is 3.62. The van der Waals surface area contributed by atoms with Gasteiger partial charge in [-0.3, -0.25) is 9.59 Å². The third kappa shape index (κ3) is 7.84. The van der Waals surface area contributed by atoms with E-state index < -0.39 is 12.3 Å². The van der Waals surface area contributed by atoms with Crippen molar-refractivity contribution in [3.05, 3.63) is 65.2 Å². The number of tetrazole rings is 1. The van der Waals surface area contributed by atoms with Gasteiger partial charge in [-0.1, -0.05) is 48.2 Å². The number of hydrogen-bond donors (Lipinski definition) is 3. The zero-order valence-electron chi connectivity index (χ0n) is 21.0. The van der Waals surface area contributed by atoms with Gasteiger partial charge in [0.15, 0.2) is 6.29 Å². The molecule has 3 aromatic rings. The van der Waals surface area contributed by atoms with Crippen LogP contribution in [0.25, 0.3) is 0 Å². The van der Waals surface area contributed by atoms with Gasteiger partial charge < -0.3 is 25.0 Å². The molecule has 0 saturated carbocycles. The van der Waals surface area contributed by atoms with Crippen molar-refractivity contribution in [2.45, 2.75) is 62.4 Å². The van der Waals surface area contributed by atoms with Crippen LogP contribution in [0.5, 0.6) is 0 Å². The number of thioether (sulfide) groups is 1. The first-order valence-corrected chi connectivity index (χ1v) is 13.4. The Morgan fingerprint density at radius 1 is 1.11 bits per heavy atom. The second-order valence-electron chi connectivity index (χ2n) is 9.02. The van der Waals surface area contributed by atoms with Crippen LogP contribution in [0.1, 0.15) is 61.2 Å². The van der Waals surface area contributed by atoms with Gasteiger partial charge >= 0.3 is 5.97 Å². The second-order valence-corrected chi connectivity index (χ2v) is 10.0. The number of nitrogens with one attached hydrogen (secondary N) is 1. The molecule has 1 aromatic heterocycles. The van der Waals surface area contributed by atoms with Crippen molar-refractivity contribution in [3.63, 3.8) is 0 Å². The molecule has 0 unspecified atom stereocenters. The number of aliphatic hydroxyl groups is 1. The average molecular weight is 542 g/mol. The van der Waals surface area contributed by atoms with E-state index in [0.717, 1.165) is 16.7 Å². The van der Waals surface area contributed by atoms with Crippen LogP contribution in [-0.4, -0.2) is 54.2 Å². The number of amides is 1. The highest BCUT2D eigenvalue weighted by molar-refractivity contribution is 7.99. The zero-order valence-corrected chi connectivity index (χ0v) is 21.8. The maximum absolute atomic E-state index is 12.4. The number of ether oxygens (including phenoxy) is 2. The van der Waals surface area contributed by atoms with Gasteiger partial charge in [0, 0.05) is 43.3 Å². The highest BCUT2D eigenvalue weighted by atomic mass is 32.2. The number of rotatable bonds is 12. The number of aromatic nitrogens is 4. The van der Waals surface area contributed by atoms with E-state index in [1.165, 1.54) is 11.8 Å². The minimum absolute atomic E-state index is 0.0272. The van der Waals surface area contributed by atoms with Crippen molar-refractivity contribution >= 4 is 29.3 Å². The SMILES string of the molecule is Cn1nnnc1SC[C@H]1C[C@@H](c2ccc(CO)cc2)O[C@@H](c2cccc(NC(=O)CCCCC(=O)O)c2)O1. The number of aliphatic carboxylic acids is 1. The van der Waals surface area contributed by atoms with Crippen LogP contribution in [0.15, 0.2) is 53.7 Å². The monoisotopic (exact) mass is 541 g/mol. The number of aryl methyl sites for hydroxylation is 1. The van der Waals surface area contributed by atoms with Gasteiger partial charge in [-0.05, 0) is 46.5 Å². The van der Waals surface area contributed by atoms with E-state index in [1.807, 2.05) is 42.5 Å². The largest absolute Gasteiger partial charge is 0.481 e. The topological polar surface area (TPSA) is 149 Å². The lowest BCUT2D eigenvalue weighted by atomic mass is 10.0. The maximum atomic E-state index is 12.4. The Hall–Kier alpha value is -3.32. The Labute approximate surface area is 224 Å². The van der Waals surface area contributed by atoms with Crippen LogP contribution in [0.3, 0.4) is 0 Å². The smallest absolute Gasteiger partial charge is 0.303 e. The molecule has 0 radical (unpaired) electrons. The molecule has 38 heavy (non-hydrogen) atoms. The van der Waals surface area contributed by atoms with Crippen LogP contribution in [0.2, 0.25) is 0 Å². The molecule has 0 aliphatic carbocycles. The van der Waals surface area contributed by atoms with Crippen molar-refractivity contribution in [1.29, 1.82) is 0 Å². The van der Waals surface area contributed by atoms with Crippen molar-refractivity contribution in [2.24, 2.45) is 7.05 Å². The molecule has 12 heteroatoms. The number of anilines is 1. The number of carboxylic acids is 1. The molecule has 2 aromatic carbocycles. The minimum Gasteiger partial charge on any atom is -0.481 e. The normalized spacial score (nSPS) is 19.3. The number of carbonyl (C=O) groups is 2. The van der Waals surface area contributed by atoms with Gasteiger partial charge in [0.25, 0.3) is 0 Å². The van der Waals surface area contributed by atoms with E-state index in [9.17, 15) is 14.7 Å². The van der Waals surface area contributed by atoms with Gasteiger partial charge in [-0.15, -0.1) is 5.10 Å². The zero-order chi connectivity index (χ0) is 26.9. The molecule has 1 aliphatic rings. The highest BCUT2D eigenvalue weighted by Gasteiger charge is 2.32. The summed E-state index contributed by atoms with van der Waals surface area (Å²) < 4.78 is 14.3. The molecule has 4 rings (SSSR count). The molecule has 1 saturated heterocycles. The Morgan fingerprint density at radius 2 is 1.89 bits per heavy atom. The molecule has 202 valence electrons. The van der Waals surface area contributed by atoms with Crippen LogP contribution >= 0.6 is 11.8 Å². The summed E-state index contributed by atoms with van der Waals surface area (Å²) in [4.78, 5) is 23.0. The third-order valence-corrected chi connectivity index (χ3v) is 7.22. The van der Waals surface area contributed by atoms with Crippen molar-refractivity contribution in [1.82, 2.24) is 20.2 Å². The van der Waals surface area contributed by atoms with Crippen LogP contribution < -0.4 is 5.32 Å². The van der Waals surface area contributed by atoms with Gasteiger partial charge in [0.05, 0.1) is 18.8 Å². The summed E-state index contributed by atoms with van der Waals surface area (Å²) in [7, 11) is 1.79. The van der Waals surface area contributed by atoms with Crippen molar-refractivity contribution < 1.29 is 29.3 Å². The van der Waals surface area contributed by atoms with Gasteiger partial charge in [-0.25, -0.2) is 4.68 Å². The molecule has 3 N–H and O–H groups in total. The minimum atomic E-state index is -0.863. The maximum Gasteiger partial charge on any atom is 0.303 e. The summed E-state index contributed by atoms with van der Waals surface area (Å²) in [6.45, 7) is -0.0272. The van der Waals surface area contributed by atoms with E-state index in [-0.39, 0.29) is 37.6 Å². The Balaban J connectivity index is 1.45. The van der Waals surface area contributed by atoms with E-state index in [4.69, 9.17) is 14.6 Å². The van der Waals surface area contributed by atoms with E-state index in [0.29, 0.717) is 35.9 Å². The molecule has 0 spiro atoms. The summed E-state index contributed by atoms with van der Waals surface area (Å²) in [6.07, 6.45) is 0.816. The lowest BCUT2D eigenvalue weighted by Crippen LogP contribution is -2.31. The number of unbranched alkanes of at least 4 members (excludes halogenated alkanes) is 1. The molecular weight excluding hydrogens is 510 g/mol. The summed E-state index contributed by atoms with van der Waals surface area (Å²) >= 11 is 1.50. The quantitative estimate of drug-likeness (QED) is 0.229. The Kier molecular flexibility index (Phi) is 9.82. The fourth-order valence-electron chi connectivity index (χ4n) is 4.08. The molecule has 1 aliphatic heterocycles. The number of carbonyl (C=O) groups excluding carboxylic acids is 1. The Bertz CT molecular complexity index is 1220. The van der Waals surface area contributed by atoms with E-state index in [1.54, 1.807) is 17.8 Å². The molecule has 11 nitrogen and oxygen atoms in total. The van der Waals surface area contributed by atoms with Crippen LogP contribution in [0, 0.1) is 0 Å². The molecule has 1 fully saturated rings. The number of carboxylic acid groups (broad SMARTS) is 1. The lowest BCUT2D eigenvalue weighted by molar-refractivity contribution is -0.245.